The van der Waals surface area contributed by atoms with Crippen molar-refractivity contribution in [2.24, 2.45) is 5.16 Å². The molecule has 2 rings (SSSR count). The van der Waals surface area contributed by atoms with Gasteiger partial charge in [-0.1, -0.05) is 35.0 Å². The normalized spacial score (nSPS) is 11.4. The molecule has 1 aromatic heterocycles. The number of hydrogen-bond donors (Lipinski definition) is 1. The molecule has 1 N–H and O–H groups in total. The molecule has 0 saturated carbocycles. The predicted octanol–water partition coefficient (Wildman–Crippen LogP) is 2.96. The van der Waals surface area contributed by atoms with Crippen LogP contribution in [0.2, 0.25) is 5.02 Å². The lowest BCUT2D eigenvalue weighted by atomic mass is 10.0. The van der Waals surface area contributed by atoms with Gasteiger partial charge in [0, 0.05) is 23.5 Å². The first kappa shape index (κ1) is 10.6. The average Bonchev–Trinajstić information content (AvgIpc) is 2.34. The van der Waals surface area contributed by atoms with E-state index in [1.54, 1.807) is 30.6 Å². The summed E-state index contributed by atoms with van der Waals surface area (Å²) in [5, 5.41) is 12.9. The number of hydrogen-bond acceptors (Lipinski definition) is 3. The maximum atomic E-state index is 9.06. The molecule has 0 saturated heterocycles. The number of oxime groups is 1. The van der Waals surface area contributed by atoms with Gasteiger partial charge in [-0.15, -0.1) is 0 Å². The summed E-state index contributed by atoms with van der Waals surface area (Å²) in [6, 6.07) is 10.8. The Morgan fingerprint density at radius 2 is 2.00 bits per heavy atom. The van der Waals surface area contributed by atoms with Gasteiger partial charge in [-0.25, -0.2) is 0 Å². The lowest BCUT2D eigenvalue weighted by Gasteiger charge is -2.05. The van der Waals surface area contributed by atoms with Crippen LogP contribution in [0.3, 0.4) is 0 Å². The van der Waals surface area contributed by atoms with E-state index in [1.807, 2.05) is 18.2 Å². The van der Waals surface area contributed by atoms with Crippen molar-refractivity contribution in [3.8, 4) is 0 Å². The molecule has 0 amide bonds. The maximum Gasteiger partial charge on any atom is 0.120 e. The second-order valence-corrected chi connectivity index (χ2v) is 3.58. The lowest BCUT2D eigenvalue weighted by Crippen LogP contribution is -2.04. The van der Waals surface area contributed by atoms with Crippen molar-refractivity contribution in [3.05, 3.63) is 64.9 Å². The van der Waals surface area contributed by atoms with Gasteiger partial charge in [-0.05, 0) is 18.2 Å². The molecule has 0 fully saturated rings. The molecule has 0 aliphatic rings. The molecule has 1 aromatic carbocycles. The van der Waals surface area contributed by atoms with Crippen molar-refractivity contribution in [2.75, 3.05) is 0 Å². The Kier molecular flexibility index (Phi) is 3.17. The third kappa shape index (κ3) is 2.04. The molecular formula is C12H9ClN2O. The molecule has 80 valence electrons. The fraction of sp³-hybridized carbons (Fsp3) is 0. The van der Waals surface area contributed by atoms with Crippen LogP contribution >= 0.6 is 11.6 Å². The second kappa shape index (κ2) is 4.77. The molecule has 2 aromatic rings. The van der Waals surface area contributed by atoms with Crippen LogP contribution in [-0.2, 0) is 0 Å². The van der Waals surface area contributed by atoms with Crippen molar-refractivity contribution in [1.29, 1.82) is 0 Å². The minimum atomic E-state index is 0.415. The summed E-state index contributed by atoms with van der Waals surface area (Å²) in [5.74, 6) is 0. The van der Waals surface area contributed by atoms with E-state index in [9.17, 15) is 0 Å². The number of nitrogens with zero attached hydrogens (tertiary/aromatic N) is 2. The zero-order valence-electron chi connectivity index (χ0n) is 8.34. The summed E-state index contributed by atoms with van der Waals surface area (Å²) in [5.41, 5.74) is 1.82. The molecule has 0 aliphatic carbocycles. The van der Waals surface area contributed by atoms with Gasteiger partial charge in [-0.3, -0.25) is 4.98 Å². The van der Waals surface area contributed by atoms with Crippen LogP contribution in [0.25, 0.3) is 0 Å². The van der Waals surface area contributed by atoms with Gasteiger partial charge >= 0.3 is 0 Å². The Labute approximate surface area is 98.0 Å². The van der Waals surface area contributed by atoms with Crippen LogP contribution in [0, 0.1) is 0 Å². The monoisotopic (exact) mass is 232 g/mol. The maximum absolute atomic E-state index is 9.06. The van der Waals surface area contributed by atoms with Gasteiger partial charge < -0.3 is 5.21 Å². The number of pyridine rings is 1. The fourth-order valence-corrected chi connectivity index (χ4v) is 1.65. The SMILES string of the molecule is ON=C(c1cccnc1)c1ccccc1Cl. The van der Waals surface area contributed by atoms with E-state index in [0.29, 0.717) is 16.3 Å². The van der Waals surface area contributed by atoms with Crippen molar-refractivity contribution < 1.29 is 5.21 Å². The van der Waals surface area contributed by atoms with E-state index < -0.39 is 0 Å². The molecule has 1 heterocycles. The van der Waals surface area contributed by atoms with Gasteiger partial charge in [0.15, 0.2) is 0 Å². The van der Waals surface area contributed by atoms with Gasteiger partial charge in [-0.2, -0.15) is 0 Å². The van der Waals surface area contributed by atoms with Crippen molar-refractivity contribution in [1.82, 2.24) is 4.98 Å². The highest BCUT2D eigenvalue weighted by Crippen LogP contribution is 2.19. The van der Waals surface area contributed by atoms with E-state index in [2.05, 4.69) is 10.1 Å². The fourth-order valence-electron chi connectivity index (χ4n) is 1.42. The second-order valence-electron chi connectivity index (χ2n) is 3.17. The van der Waals surface area contributed by atoms with Gasteiger partial charge in [0.2, 0.25) is 0 Å². The zero-order valence-corrected chi connectivity index (χ0v) is 9.09. The summed E-state index contributed by atoms with van der Waals surface area (Å²) in [6.45, 7) is 0. The Balaban J connectivity index is 2.51. The van der Waals surface area contributed by atoms with Crippen LogP contribution in [-0.4, -0.2) is 15.9 Å². The predicted molar refractivity (Wildman–Crippen MR) is 63.1 cm³/mol. The summed E-state index contributed by atoms with van der Waals surface area (Å²) in [7, 11) is 0. The van der Waals surface area contributed by atoms with Crippen LogP contribution in [0.1, 0.15) is 11.1 Å². The molecular weight excluding hydrogens is 224 g/mol. The minimum absolute atomic E-state index is 0.415. The number of aromatic nitrogens is 1. The molecule has 0 unspecified atom stereocenters. The molecule has 3 nitrogen and oxygen atoms in total. The van der Waals surface area contributed by atoms with Crippen LogP contribution in [0.15, 0.2) is 53.9 Å². The molecule has 16 heavy (non-hydrogen) atoms. The smallest absolute Gasteiger partial charge is 0.120 e. The Bertz CT molecular complexity index is 511. The highest BCUT2D eigenvalue weighted by Gasteiger charge is 2.10. The number of benzene rings is 1. The third-order valence-electron chi connectivity index (χ3n) is 2.16. The largest absolute Gasteiger partial charge is 0.410 e. The van der Waals surface area contributed by atoms with E-state index in [-0.39, 0.29) is 0 Å². The van der Waals surface area contributed by atoms with Crippen LogP contribution in [0.4, 0.5) is 0 Å². The standard InChI is InChI=1S/C12H9ClN2O/c13-11-6-2-1-5-10(11)12(15-16)9-4-3-7-14-8-9/h1-8,16H. The molecule has 0 radical (unpaired) electrons. The molecule has 0 aliphatic heterocycles. The summed E-state index contributed by atoms with van der Waals surface area (Å²) < 4.78 is 0. The average molecular weight is 233 g/mol. The summed E-state index contributed by atoms with van der Waals surface area (Å²) in [4.78, 5) is 3.97. The van der Waals surface area contributed by atoms with Gasteiger partial charge in [0.25, 0.3) is 0 Å². The van der Waals surface area contributed by atoms with E-state index >= 15 is 0 Å². The van der Waals surface area contributed by atoms with Crippen molar-refractivity contribution in [3.63, 3.8) is 0 Å². The Morgan fingerprint density at radius 1 is 1.19 bits per heavy atom. The highest BCUT2D eigenvalue weighted by atomic mass is 35.5. The van der Waals surface area contributed by atoms with Crippen LogP contribution in [0.5, 0.6) is 0 Å². The topological polar surface area (TPSA) is 45.5 Å². The highest BCUT2D eigenvalue weighted by molar-refractivity contribution is 6.35. The van der Waals surface area contributed by atoms with Gasteiger partial charge in [0.1, 0.15) is 5.71 Å². The van der Waals surface area contributed by atoms with Crippen molar-refractivity contribution in [2.45, 2.75) is 0 Å². The van der Waals surface area contributed by atoms with E-state index in [1.165, 1.54) is 0 Å². The summed E-state index contributed by atoms with van der Waals surface area (Å²) >= 11 is 6.04. The first-order valence-electron chi connectivity index (χ1n) is 4.70. The number of rotatable bonds is 2. The first-order valence-corrected chi connectivity index (χ1v) is 5.08. The first-order chi connectivity index (χ1) is 7.83. The van der Waals surface area contributed by atoms with Gasteiger partial charge in [0.05, 0.1) is 5.02 Å². The molecule has 4 heteroatoms. The zero-order chi connectivity index (χ0) is 11.4. The molecule has 0 spiro atoms. The quantitative estimate of drug-likeness (QED) is 0.492. The third-order valence-corrected chi connectivity index (χ3v) is 2.49. The van der Waals surface area contributed by atoms with Crippen molar-refractivity contribution >= 4 is 17.3 Å². The number of halogens is 1. The Morgan fingerprint density at radius 3 is 2.62 bits per heavy atom. The molecule has 0 atom stereocenters. The molecule has 0 bridgehead atoms. The lowest BCUT2D eigenvalue weighted by molar-refractivity contribution is 0.319. The summed E-state index contributed by atoms with van der Waals surface area (Å²) in [6.07, 6.45) is 3.28. The van der Waals surface area contributed by atoms with Crippen LogP contribution < -0.4 is 0 Å². The van der Waals surface area contributed by atoms with E-state index in [4.69, 9.17) is 16.8 Å². The minimum Gasteiger partial charge on any atom is -0.410 e. The Hall–Kier alpha value is -1.87. The van der Waals surface area contributed by atoms with E-state index in [0.717, 1.165) is 5.56 Å².